The van der Waals surface area contributed by atoms with E-state index in [1.807, 2.05) is 0 Å². The number of nitrogen functional groups attached to an aromatic ring is 1. The molecule has 0 unspecified atom stereocenters. The second kappa shape index (κ2) is 5.62. The van der Waals surface area contributed by atoms with Gasteiger partial charge in [0, 0.05) is 12.1 Å². The highest BCUT2D eigenvalue weighted by molar-refractivity contribution is 7.89. The van der Waals surface area contributed by atoms with Crippen LogP contribution in [-0.2, 0) is 10.0 Å². The second-order valence-corrected chi connectivity index (χ2v) is 6.83. The Hall–Kier alpha value is -0.890. The third-order valence-electron chi connectivity index (χ3n) is 2.49. The predicted octanol–water partition coefficient (Wildman–Crippen LogP) is 1.50. The molecule has 0 amide bonds. The maximum atomic E-state index is 13.1. The summed E-state index contributed by atoms with van der Waals surface area (Å²) in [4.78, 5) is -0.293. The van der Waals surface area contributed by atoms with Crippen molar-refractivity contribution in [2.75, 3.05) is 12.3 Å². The van der Waals surface area contributed by atoms with Gasteiger partial charge in [0.15, 0.2) is 0 Å². The smallest absolute Gasteiger partial charge is 0.242 e. The number of halogens is 2. The molecular formula is C11H16ClFN2O3S. The van der Waals surface area contributed by atoms with Crippen molar-refractivity contribution in [3.05, 3.63) is 23.0 Å². The first-order valence-corrected chi connectivity index (χ1v) is 7.34. The van der Waals surface area contributed by atoms with Crippen molar-refractivity contribution in [2.45, 2.75) is 30.7 Å². The van der Waals surface area contributed by atoms with Gasteiger partial charge in [0.25, 0.3) is 0 Å². The van der Waals surface area contributed by atoms with Crippen LogP contribution in [0.25, 0.3) is 0 Å². The van der Waals surface area contributed by atoms with Crippen LogP contribution in [0.4, 0.5) is 10.1 Å². The first-order valence-electron chi connectivity index (χ1n) is 5.48. The summed E-state index contributed by atoms with van der Waals surface area (Å²) in [6, 6.07) is 1.82. The highest BCUT2D eigenvalue weighted by Gasteiger charge is 2.28. The normalized spacial score (nSPS) is 12.7. The van der Waals surface area contributed by atoms with E-state index in [4.69, 9.17) is 22.4 Å². The van der Waals surface area contributed by atoms with Crippen molar-refractivity contribution in [1.29, 1.82) is 0 Å². The number of hydrogen-bond donors (Lipinski definition) is 3. The average molecular weight is 311 g/mol. The van der Waals surface area contributed by atoms with Crippen LogP contribution in [0.2, 0.25) is 5.02 Å². The van der Waals surface area contributed by atoms with E-state index in [-0.39, 0.29) is 28.6 Å². The molecule has 0 aliphatic heterocycles. The molecule has 1 aromatic carbocycles. The van der Waals surface area contributed by atoms with Crippen LogP contribution in [0, 0.1) is 5.82 Å². The third kappa shape index (κ3) is 4.04. The Kier molecular flexibility index (Phi) is 4.78. The first kappa shape index (κ1) is 16.2. The molecular weight excluding hydrogens is 295 g/mol. The molecule has 0 aliphatic rings. The largest absolute Gasteiger partial charge is 0.396 e. The molecule has 0 saturated heterocycles. The summed E-state index contributed by atoms with van der Waals surface area (Å²) < 4.78 is 39.8. The molecule has 4 N–H and O–H groups in total. The monoisotopic (exact) mass is 310 g/mol. The molecule has 0 spiro atoms. The molecule has 0 bridgehead atoms. The molecule has 0 atom stereocenters. The molecule has 0 fully saturated rings. The highest BCUT2D eigenvalue weighted by atomic mass is 35.5. The second-order valence-electron chi connectivity index (χ2n) is 4.77. The van der Waals surface area contributed by atoms with Crippen molar-refractivity contribution >= 4 is 27.3 Å². The van der Waals surface area contributed by atoms with E-state index in [2.05, 4.69) is 4.72 Å². The van der Waals surface area contributed by atoms with Crippen molar-refractivity contribution < 1.29 is 17.9 Å². The maximum absolute atomic E-state index is 13.1. The van der Waals surface area contributed by atoms with Crippen molar-refractivity contribution in [3.8, 4) is 0 Å². The number of sulfonamides is 1. The number of aliphatic hydroxyl groups is 1. The molecule has 0 aromatic heterocycles. The van der Waals surface area contributed by atoms with E-state index in [9.17, 15) is 12.8 Å². The van der Waals surface area contributed by atoms with E-state index in [1.54, 1.807) is 13.8 Å². The van der Waals surface area contributed by atoms with E-state index in [1.165, 1.54) is 0 Å². The Bertz CT molecular complexity index is 576. The topological polar surface area (TPSA) is 92.4 Å². The fraction of sp³-hybridized carbons (Fsp3) is 0.455. The number of aliphatic hydroxyl groups excluding tert-OH is 1. The zero-order valence-electron chi connectivity index (χ0n) is 10.6. The van der Waals surface area contributed by atoms with Gasteiger partial charge in [-0.15, -0.1) is 0 Å². The lowest BCUT2D eigenvalue weighted by Gasteiger charge is -2.25. The minimum Gasteiger partial charge on any atom is -0.396 e. The van der Waals surface area contributed by atoms with E-state index in [0.29, 0.717) is 0 Å². The van der Waals surface area contributed by atoms with Crippen LogP contribution in [0.3, 0.4) is 0 Å². The Labute approximate surface area is 116 Å². The molecule has 19 heavy (non-hydrogen) atoms. The van der Waals surface area contributed by atoms with Gasteiger partial charge in [0.1, 0.15) is 10.7 Å². The van der Waals surface area contributed by atoms with Gasteiger partial charge >= 0.3 is 0 Å². The van der Waals surface area contributed by atoms with Gasteiger partial charge in [-0.25, -0.2) is 17.5 Å². The Morgan fingerprint density at radius 2 is 2.05 bits per heavy atom. The SMILES string of the molecule is CC(C)(CCO)NS(=O)(=O)c1cc(N)c(F)cc1Cl. The summed E-state index contributed by atoms with van der Waals surface area (Å²) in [5, 5.41) is 8.62. The van der Waals surface area contributed by atoms with Crippen LogP contribution in [0.1, 0.15) is 20.3 Å². The van der Waals surface area contributed by atoms with Crippen LogP contribution < -0.4 is 10.5 Å². The lowest BCUT2D eigenvalue weighted by Crippen LogP contribution is -2.44. The van der Waals surface area contributed by atoms with Crippen molar-refractivity contribution in [1.82, 2.24) is 4.72 Å². The number of benzene rings is 1. The molecule has 108 valence electrons. The number of nitrogens with two attached hydrogens (primary N) is 1. The zero-order chi connectivity index (χ0) is 14.8. The minimum atomic E-state index is -3.95. The number of nitrogens with one attached hydrogen (secondary N) is 1. The predicted molar refractivity (Wildman–Crippen MR) is 71.9 cm³/mol. The van der Waals surface area contributed by atoms with Crippen LogP contribution in [0.15, 0.2) is 17.0 Å². The summed E-state index contributed by atoms with van der Waals surface area (Å²) in [7, 11) is -3.95. The summed E-state index contributed by atoms with van der Waals surface area (Å²) in [6.45, 7) is 3.05. The van der Waals surface area contributed by atoms with Crippen LogP contribution in [0.5, 0.6) is 0 Å². The summed E-state index contributed by atoms with van der Waals surface area (Å²) in [5.41, 5.74) is 4.18. The van der Waals surface area contributed by atoms with Gasteiger partial charge in [-0.3, -0.25) is 0 Å². The van der Waals surface area contributed by atoms with Crippen molar-refractivity contribution in [2.24, 2.45) is 0 Å². The van der Waals surface area contributed by atoms with Gasteiger partial charge in [-0.1, -0.05) is 11.6 Å². The molecule has 0 heterocycles. The number of anilines is 1. The van der Waals surface area contributed by atoms with Crippen LogP contribution >= 0.6 is 11.6 Å². The van der Waals surface area contributed by atoms with E-state index >= 15 is 0 Å². The molecule has 1 rings (SSSR count). The van der Waals surface area contributed by atoms with Gasteiger partial charge < -0.3 is 10.8 Å². The Morgan fingerprint density at radius 3 is 2.58 bits per heavy atom. The summed E-state index contributed by atoms with van der Waals surface area (Å²) >= 11 is 5.73. The molecule has 5 nitrogen and oxygen atoms in total. The van der Waals surface area contributed by atoms with Gasteiger partial charge in [0.2, 0.25) is 10.0 Å². The zero-order valence-corrected chi connectivity index (χ0v) is 12.1. The summed E-state index contributed by atoms with van der Waals surface area (Å²) in [5.74, 6) is -0.779. The number of rotatable bonds is 5. The lowest BCUT2D eigenvalue weighted by atomic mass is 10.0. The molecule has 0 radical (unpaired) electrons. The van der Waals surface area contributed by atoms with Gasteiger partial charge in [-0.2, -0.15) is 0 Å². The number of hydrogen-bond acceptors (Lipinski definition) is 4. The van der Waals surface area contributed by atoms with E-state index in [0.717, 1.165) is 12.1 Å². The standard InChI is InChI=1S/C11H16ClFN2O3S/c1-11(2,3-4-16)15-19(17,18)10-6-9(14)8(13)5-7(10)12/h5-6,15-16H,3-4,14H2,1-2H3. The van der Waals surface area contributed by atoms with Gasteiger partial charge in [0.05, 0.1) is 10.7 Å². The lowest BCUT2D eigenvalue weighted by molar-refractivity contribution is 0.246. The van der Waals surface area contributed by atoms with E-state index < -0.39 is 21.4 Å². The molecule has 0 aliphatic carbocycles. The maximum Gasteiger partial charge on any atom is 0.242 e. The third-order valence-corrected chi connectivity index (χ3v) is 4.65. The van der Waals surface area contributed by atoms with Crippen molar-refractivity contribution in [3.63, 3.8) is 0 Å². The fourth-order valence-corrected chi connectivity index (χ4v) is 3.49. The Morgan fingerprint density at radius 1 is 1.47 bits per heavy atom. The van der Waals surface area contributed by atoms with Gasteiger partial charge in [-0.05, 0) is 32.4 Å². The average Bonchev–Trinajstić information content (AvgIpc) is 2.21. The summed E-state index contributed by atoms with van der Waals surface area (Å²) in [6.07, 6.45) is 0.223. The fourth-order valence-electron chi connectivity index (χ4n) is 1.50. The quantitative estimate of drug-likeness (QED) is 0.719. The first-order chi connectivity index (χ1) is 8.59. The minimum absolute atomic E-state index is 0.172. The molecule has 8 heteroatoms. The highest BCUT2D eigenvalue weighted by Crippen LogP contribution is 2.27. The van der Waals surface area contributed by atoms with Crippen LogP contribution in [-0.4, -0.2) is 25.7 Å². The molecule has 1 aromatic rings. The Balaban J connectivity index is 3.18. The molecule has 0 saturated carbocycles.